The summed E-state index contributed by atoms with van der Waals surface area (Å²) in [6.45, 7) is 0. The number of nitrogens with two attached hydrogens (primary N) is 1. The lowest BCUT2D eigenvalue weighted by molar-refractivity contribution is 0.235. The molecule has 98 valence electrons. The standard InChI is InChI=1S/C15H18BrN.ClH/c16-14-3-1-2-11-10-15(9-6-13(11)14)7-4-12(17)5-8-15;/h1-3,6,9,12H,4-5,7-8,10,17H2;1H. The quantitative estimate of drug-likeness (QED) is 0.754. The van der Waals surface area contributed by atoms with Crippen LogP contribution in [0, 0.1) is 5.41 Å². The van der Waals surface area contributed by atoms with Gasteiger partial charge in [-0.05, 0) is 54.7 Å². The van der Waals surface area contributed by atoms with E-state index in [1.54, 1.807) is 0 Å². The summed E-state index contributed by atoms with van der Waals surface area (Å²) in [5.41, 5.74) is 9.26. The third-order valence-electron chi connectivity index (χ3n) is 4.32. The Balaban J connectivity index is 0.00000120. The number of allylic oxidation sites excluding steroid dienone is 1. The highest BCUT2D eigenvalue weighted by Gasteiger charge is 2.34. The minimum Gasteiger partial charge on any atom is -0.328 e. The van der Waals surface area contributed by atoms with Crippen LogP contribution >= 0.6 is 28.3 Å². The van der Waals surface area contributed by atoms with Crippen LogP contribution < -0.4 is 5.73 Å². The molecule has 1 spiro atoms. The topological polar surface area (TPSA) is 26.0 Å². The van der Waals surface area contributed by atoms with Crippen molar-refractivity contribution in [1.82, 2.24) is 0 Å². The number of hydrogen-bond donors (Lipinski definition) is 1. The largest absolute Gasteiger partial charge is 0.328 e. The average Bonchev–Trinajstić information content (AvgIpc) is 2.34. The van der Waals surface area contributed by atoms with Gasteiger partial charge in [0.1, 0.15) is 0 Å². The average molecular weight is 329 g/mol. The number of hydrogen-bond acceptors (Lipinski definition) is 1. The van der Waals surface area contributed by atoms with Gasteiger partial charge in [0.25, 0.3) is 0 Å². The second-order valence-corrected chi connectivity index (χ2v) is 6.38. The highest BCUT2D eigenvalue weighted by Crippen LogP contribution is 2.44. The number of fused-ring (bicyclic) bond motifs is 1. The minimum atomic E-state index is 0. The van der Waals surface area contributed by atoms with Crippen molar-refractivity contribution in [3.8, 4) is 0 Å². The van der Waals surface area contributed by atoms with Crippen LogP contribution in [0.3, 0.4) is 0 Å². The second kappa shape index (κ2) is 5.36. The summed E-state index contributed by atoms with van der Waals surface area (Å²) in [6, 6.07) is 6.96. The van der Waals surface area contributed by atoms with Gasteiger partial charge in [-0.25, -0.2) is 0 Å². The SMILES string of the molecule is Cl.NC1CCC2(C=Cc3c(Br)cccc3C2)CC1. The van der Waals surface area contributed by atoms with Crippen molar-refractivity contribution in [3.05, 3.63) is 39.9 Å². The Labute approximate surface area is 123 Å². The molecule has 18 heavy (non-hydrogen) atoms. The van der Waals surface area contributed by atoms with E-state index >= 15 is 0 Å². The van der Waals surface area contributed by atoms with Crippen molar-refractivity contribution < 1.29 is 0 Å². The van der Waals surface area contributed by atoms with Gasteiger partial charge in [0.05, 0.1) is 0 Å². The molecular formula is C15H19BrClN. The third kappa shape index (κ3) is 2.52. The van der Waals surface area contributed by atoms with E-state index in [2.05, 4.69) is 46.3 Å². The zero-order chi connectivity index (χ0) is 11.9. The van der Waals surface area contributed by atoms with Gasteiger partial charge in [-0.3, -0.25) is 0 Å². The van der Waals surface area contributed by atoms with E-state index < -0.39 is 0 Å². The van der Waals surface area contributed by atoms with Gasteiger partial charge in [0.15, 0.2) is 0 Å². The van der Waals surface area contributed by atoms with Crippen molar-refractivity contribution >= 4 is 34.4 Å². The smallest absolute Gasteiger partial charge is 0.0250 e. The van der Waals surface area contributed by atoms with E-state index in [0.717, 1.165) is 0 Å². The first-order chi connectivity index (χ1) is 8.19. The molecule has 1 saturated carbocycles. The lowest BCUT2D eigenvalue weighted by Crippen LogP contribution is -2.35. The van der Waals surface area contributed by atoms with E-state index in [-0.39, 0.29) is 12.4 Å². The number of benzene rings is 1. The Hall–Kier alpha value is -0.310. The minimum absolute atomic E-state index is 0. The van der Waals surface area contributed by atoms with Crippen molar-refractivity contribution in [3.63, 3.8) is 0 Å². The summed E-state index contributed by atoms with van der Waals surface area (Å²) in [5, 5.41) is 0. The molecular weight excluding hydrogens is 310 g/mol. The van der Waals surface area contributed by atoms with Gasteiger partial charge in [-0.1, -0.05) is 40.2 Å². The molecule has 3 rings (SSSR count). The molecule has 0 amide bonds. The van der Waals surface area contributed by atoms with Crippen molar-refractivity contribution in [2.24, 2.45) is 11.1 Å². The Morgan fingerprint density at radius 3 is 2.67 bits per heavy atom. The number of rotatable bonds is 0. The predicted octanol–water partition coefficient (Wildman–Crippen LogP) is 4.33. The molecule has 3 heteroatoms. The molecule has 2 N–H and O–H groups in total. The Bertz CT molecular complexity index is 462. The van der Waals surface area contributed by atoms with Crippen molar-refractivity contribution in [1.29, 1.82) is 0 Å². The summed E-state index contributed by atoms with van der Waals surface area (Å²) in [6.07, 6.45) is 10.8. The summed E-state index contributed by atoms with van der Waals surface area (Å²) in [4.78, 5) is 0. The van der Waals surface area contributed by atoms with Crippen LogP contribution in [0.25, 0.3) is 6.08 Å². The fraction of sp³-hybridized carbons (Fsp3) is 0.467. The Morgan fingerprint density at radius 1 is 1.22 bits per heavy atom. The van der Waals surface area contributed by atoms with E-state index in [9.17, 15) is 0 Å². The zero-order valence-electron chi connectivity index (χ0n) is 10.4. The fourth-order valence-electron chi connectivity index (χ4n) is 3.18. The molecule has 0 atom stereocenters. The molecule has 1 nitrogen and oxygen atoms in total. The van der Waals surface area contributed by atoms with Gasteiger partial charge >= 0.3 is 0 Å². The lowest BCUT2D eigenvalue weighted by atomic mass is 9.66. The van der Waals surface area contributed by atoms with Gasteiger partial charge in [-0.2, -0.15) is 0 Å². The van der Waals surface area contributed by atoms with E-state index in [0.29, 0.717) is 11.5 Å². The highest BCUT2D eigenvalue weighted by molar-refractivity contribution is 9.10. The molecule has 1 aromatic rings. The maximum Gasteiger partial charge on any atom is 0.0250 e. The summed E-state index contributed by atoms with van der Waals surface area (Å²) < 4.78 is 1.22. The van der Waals surface area contributed by atoms with Gasteiger partial charge < -0.3 is 5.73 Å². The zero-order valence-corrected chi connectivity index (χ0v) is 12.8. The molecule has 0 bridgehead atoms. The molecule has 1 fully saturated rings. The first kappa shape index (κ1) is 14.1. The van der Waals surface area contributed by atoms with Gasteiger partial charge in [0, 0.05) is 10.5 Å². The Morgan fingerprint density at radius 2 is 1.94 bits per heavy atom. The first-order valence-corrected chi connectivity index (χ1v) is 7.20. The van der Waals surface area contributed by atoms with Gasteiger partial charge in [0.2, 0.25) is 0 Å². The summed E-state index contributed by atoms with van der Waals surface area (Å²) in [7, 11) is 0. The molecule has 2 aliphatic carbocycles. The van der Waals surface area contributed by atoms with E-state index in [1.807, 2.05) is 0 Å². The van der Waals surface area contributed by atoms with Gasteiger partial charge in [-0.15, -0.1) is 12.4 Å². The molecule has 0 saturated heterocycles. The molecule has 0 aliphatic heterocycles. The van der Waals surface area contributed by atoms with Crippen LogP contribution in [0.2, 0.25) is 0 Å². The third-order valence-corrected chi connectivity index (χ3v) is 5.01. The van der Waals surface area contributed by atoms with Crippen LogP contribution in [0.15, 0.2) is 28.7 Å². The molecule has 0 aromatic heterocycles. The van der Waals surface area contributed by atoms with Crippen LogP contribution in [0.1, 0.15) is 36.8 Å². The number of halogens is 2. The lowest BCUT2D eigenvalue weighted by Gasteiger charge is -2.39. The van der Waals surface area contributed by atoms with Crippen LogP contribution in [-0.2, 0) is 6.42 Å². The molecule has 1 aromatic carbocycles. The normalized spacial score (nSPS) is 29.8. The first-order valence-electron chi connectivity index (χ1n) is 6.41. The van der Waals surface area contributed by atoms with E-state index in [1.165, 1.54) is 47.7 Å². The monoisotopic (exact) mass is 327 g/mol. The molecule has 0 unspecified atom stereocenters. The maximum absolute atomic E-state index is 6.01. The fourth-order valence-corrected chi connectivity index (χ4v) is 3.72. The molecule has 0 heterocycles. The van der Waals surface area contributed by atoms with Crippen LogP contribution in [0.5, 0.6) is 0 Å². The molecule has 0 radical (unpaired) electrons. The summed E-state index contributed by atoms with van der Waals surface area (Å²) >= 11 is 3.63. The van der Waals surface area contributed by atoms with E-state index in [4.69, 9.17) is 5.73 Å². The second-order valence-electron chi connectivity index (χ2n) is 5.52. The maximum atomic E-state index is 6.01. The van der Waals surface area contributed by atoms with Crippen molar-refractivity contribution in [2.45, 2.75) is 38.1 Å². The predicted molar refractivity (Wildman–Crippen MR) is 83.0 cm³/mol. The van der Waals surface area contributed by atoms with Crippen molar-refractivity contribution in [2.75, 3.05) is 0 Å². The molecule has 2 aliphatic rings. The highest BCUT2D eigenvalue weighted by atomic mass is 79.9. The van der Waals surface area contributed by atoms with Crippen LogP contribution in [-0.4, -0.2) is 6.04 Å². The Kier molecular flexibility index (Phi) is 4.20. The summed E-state index contributed by atoms with van der Waals surface area (Å²) in [5.74, 6) is 0. The van der Waals surface area contributed by atoms with Crippen LogP contribution in [0.4, 0.5) is 0 Å².